The molecule has 2 rings (SSSR count). The van der Waals surface area contributed by atoms with Crippen LogP contribution in [0.1, 0.15) is 45.2 Å². The summed E-state index contributed by atoms with van der Waals surface area (Å²) in [6, 6.07) is 10.9. The Morgan fingerprint density at radius 3 is 2.58 bits per heavy atom. The van der Waals surface area contributed by atoms with E-state index in [-0.39, 0.29) is 0 Å². The quantitative estimate of drug-likeness (QED) is 0.881. The number of hydrogen-bond acceptors (Lipinski definition) is 2. The van der Waals surface area contributed by atoms with E-state index in [4.69, 9.17) is 0 Å². The molecule has 0 aliphatic carbocycles. The van der Waals surface area contributed by atoms with Gasteiger partial charge >= 0.3 is 0 Å². The molecule has 0 aliphatic heterocycles. The Kier molecular flexibility index (Phi) is 4.20. The number of rotatable bonds is 4. The lowest BCUT2D eigenvalue weighted by atomic mass is 9.87. The van der Waals surface area contributed by atoms with Crippen molar-refractivity contribution in [3.8, 4) is 0 Å². The first-order chi connectivity index (χ1) is 9.01. The van der Waals surface area contributed by atoms with E-state index >= 15 is 0 Å². The summed E-state index contributed by atoms with van der Waals surface area (Å²) < 4.78 is 0. The molecule has 0 spiro atoms. The van der Waals surface area contributed by atoms with Crippen molar-refractivity contribution in [1.29, 1.82) is 0 Å². The van der Waals surface area contributed by atoms with Gasteiger partial charge in [-0.05, 0) is 36.9 Å². The second-order valence-electron chi connectivity index (χ2n) is 6.36. The molecule has 0 amide bonds. The molecule has 2 nitrogen and oxygen atoms in total. The maximum atomic E-state index is 4.55. The number of para-hydroxylation sites is 1. The van der Waals surface area contributed by atoms with Crippen LogP contribution in [0.3, 0.4) is 0 Å². The lowest BCUT2D eigenvalue weighted by molar-refractivity contribution is 0.338. The third-order valence-corrected chi connectivity index (χ3v) is 3.57. The minimum Gasteiger partial charge on any atom is -0.313 e. The first-order valence-electron chi connectivity index (χ1n) is 7.02. The van der Waals surface area contributed by atoms with Crippen LogP contribution in [0, 0.1) is 5.41 Å². The van der Waals surface area contributed by atoms with Crippen LogP contribution in [0.25, 0.3) is 10.9 Å². The fourth-order valence-corrected chi connectivity index (χ4v) is 2.44. The highest BCUT2D eigenvalue weighted by molar-refractivity contribution is 5.81. The van der Waals surface area contributed by atoms with Gasteiger partial charge in [-0.15, -0.1) is 0 Å². The predicted octanol–water partition coefficient (Wildman–Crippen LogP) is 4.32. The molecule has 0 aliphatic rings. The molecule has 1 aromatic carbocycles. The van der Waals surface area contributed by atoms with Crippen molar-refractivity contribution in [3.63, 3.8) is 0 Å². The number of nitrogens with zero attached hydrogens (tertiary/aromatic N) is 1. The molecule has 1 N–H and O–H groups in total. The highest BCUT2D eigenvalue weighted by Gasteiger charge is 2.17. The molecule has 0 saturated heterocycles. The van der Waals surface area contributed by atoms with Crippen LogP contribution in [0.15, 0.2) is 36.5 Å². The minimum absolute atomic E-state index is 0.368. The number of benzene rings is 1. The Hall–Kier alpha value is -1.41. The second kappa shape index (κ2) is 5.70. The van der Waals surface area contributed by atoms with Crippen molar-refractivity contribution in [3.05, 3.63) is 42.1 Å². The number of hydrogen-bond donors (Lipinski definition) is 1. The molecule has 1 unspecified atom stereocenters. The lowest BCUT2D eigenvalue weighted by Crippen LogP contribution is -2.19. The van der Waals surface area contributed by atoms with Gasteiger partial charge in [-0.1, -0.05) is 45.0 Å². The van der Waals surface area contributed by atoms with E-state index < -0.39 is 0 Å². The standard InChI is InChI=1S/C17H24N2/c1-17(2,3)11-10-15(18-4)14-9-5-7-13-8-6-12-19-16(13)14/h5-9,12,15,18H,10-11H2,1-4H3. The van der Waals surface area contributed by atoms with Gasteiger partial charge in [-0.2, -0.15) is 0 Å². The highest BCUT2D eigenvalue weighted by atomic mass is 14.9. The van der Waals surface area contributed by atoms with Crippen LogP contribution < -0.4 is 5.32 Å². The zero-order valence-corrected chi connectivity index (χ0v) is 12.4. The molecular formula is C17H24N2. The summed E-state index contributed by atoms with van der Waals surface area (Å²) in [5.41, 5.74) is 2.80. The van der Waals surface area contributed by atoms with E-state index in [1.54, 1.807) is 0 Å². The van der Waals surface area contributed by atoms with Crippen molar-refractivity contribution in [2.75, 3.05) is 7.05 Å². The van der Waals surface area contributed by atoms with Gasteiger partial charge in [-0.3, -0.25) is 4.98 Å². The molecule has 0 bridgehead atoms. The van der Waals surface area contributed by atoms with E-state index in [1.165, 1.54) is 17.4 Å². The first-order valence-corrected chi connectivity index (χ1v) is 7.02. The van der Waals surface area contributed by atoms with Gasteiger partial charge in [0.25, 0.3) is 0 Å². The Balaban J connectivity index is 2.30. The molecular weight excluding hydrogens is 232 g/mol. The van der Waals surface area contributed by atoms with E-state index in [2.05, 4.69) is 55.3 Å². The first kappa shape index (κ1) is 14.0. The average molecular weight is 256 g/mol. The third-order valence-electron chi connectivity index (χ3n) is 3.57. The van der Waals surface area contributed by atoms with Crippen LogP contribution in [0.4, 0.5) is 0 Å². The summed E-state index contributed by atoms with van der Waals surface area (Å²) in [5.74, 6) is 0. The summed E-state index contributed by atoms with van der Waals surface area (Å²) in [5, 5.41) is 4.66. The highest BCUT2D eigenvalue weighted by Crippen LogP contribution is 2.30. The average Bonchev–Trinajstić information content (AvgIpc) is 2.38. The number of nitrogens with one attached hydrogen (secondary N) is 1. The van der Waals surface area contributed by atoms with Crippen molar-refractivity contribution in [2.24, 2.45) is 5.41 Å². The molecule has 0 saturated carbocycles. The second-order valence-corrected chi connectivity index (χ2v) is 6.36. The summed E-state index contributed by atoms with van der Waals surface area (Å²) >= 11 is 0. The van der Waals surface area contributed by atoms with Gasteiger partial charge in [0.15, 0.2) is 0 Å². The smallest absolute Gasteiger partial charge is 0.0749 e. The summed E-state index contributed by atoms with van der Waals surface area (Å²) in [6.07, 6.45) is 4.21. The van der Waals surface area contributed by atoms with Crippen LogP contribution in [0.5, 0.6) is 0 Å². The molecule has 19 heavy (non-hydrogen) atoms. The van der Waals surface area contributed by atoms with E-state index in [0.29, 0.717) is 11.5 Å². The molecule has 0 fully saturated rings. The normalized spacial score (nSPS) is 13.7. The third kappa shape index (κ3) is 3.54. The summed E-state index contributed by atoms with van der Waals surface area (Å²) in [7, 11) is 2.04. The van der Waals surface area contributed by atoms with E-state index in [9.17, 15) is 0 Å². The minimum atomic E-state index is 0.368. The van der Waals surface area contributed by atoms with Crippen LogP contribution >= 0.6 is 0 Å². The Labute approximate surface area is 116 Å². The molecule has 1 aromatic heterocycles. The van der Waals surface area contributed by atoms with Crippen molar-refractivity contribution in [2.45, 2.75) is 39.7 Å². The molecule has 2 heteroatoms. The maximum absolute atomic E-state index is 4.55. The zero-order chi connectivity index (χ0) is 13.9. The van der Waals surface area contributed by atoms with Gasteiger partial charge in [0.1, 0.15) is 0 Å². The summed E-state index contributed by atoms with van der Waals surface area (Å²) in [4.78, 5) is 4.55. The summed E-state index contributed by atoms with van der Waals surface area (Å²) in [6.45, 7) is 6.88. The van der Waals surface area contributed by atoms with Crippen molar-refractivity contribution >= 4 is 10.9 Å². The monoisotopic (exact) mass is 256 g/mol. The van der Waals surface area contributed by atoms with Gasteiger partial charge in [-0.25, -0.2) is 0 Å². The fraction of sp³-hybridized carbons (Fsp3) is 0.471. The van der Waals surface area contributed by atoms with Crippen LogP contribution in [-0.4, -0.2) is 12.0 Å². The largest absolute Gasteiger partial charge is 0.313 e. The molecule has 1 heterocycles. The molecule has 1 atom stereocenters. The maximum Gasteiger partial charge on any atom is 0.0749 e. The van der Waals surface area contributed by atoms with Gasteiger partial charge in [0.2, 0.25) is 0 Å². The lowest BCUT2D eigenvalue weighted by Gasteiger charge is -2.23. The van der Waals surface area contributed by atoms with Crippen molar-refractivity contribution in [1.82, 2.24) is 10.3 Å². The predicted molar refractivity (Wildman–Crippen MR) is 82.2 cm³/mol. The topological polar surface area (TPSA) is 24.9 Å². The van der Waals surface area contributed by atoms with Crippen molar-refractivity contribution < 1.29 is 0 Å². The Bertz CT molecular complexity index is 535. The van der Waals surface area contributed by atoms with Crippen LogP contribution in [-0.2, 0) is 0 Å². The zero-order valence-electron chi connectivity index (χ0n) is 12.4. The molecule has 2 aromatic rings. The fourth-order valence-electron chi connectivity index (χ4n) is 2.44. The Morgan fingerprint density at radius 2 is 1.89 bits per heavy atom. The van der Waals surface area contributed by atoms with Crippen LogP contribution in [0.2, 0.25) is 0 Å². The van der Waals surface area contributed by atoms with E-state index in [1.807, 2.05) is 19.3 Å². The number of fused-ring (bicyclic) bond motifs is 1. The molecule has 0 radical (unpaired) electrons. The van der Waals surface area contributed by atoms with Gasteiger partial charge in [0.05, 0.1) is 5.52 Å². The van der Waals surface area contributed by atoms with Gasteiger partial charge < -0.3 is 5.32 Å². The SMILES string of the molecule is CNC(CCC(C)(C)C)c1cccc2cccnc12. The molecule has 102 valence electrons. The van der Waals surface area contributed by atoms with E-state index in [0.717, 1.165) is 11.9 Å². The number of pyridine rings is 1. The van der Waals surface area contributed by atoms with Gasteiger partial charge in [0, 0.05) is 17.6 Å². The Morgan fingerprint density at radius 1 is 1.16 bits per heavy atom. The number of aromatic nitrogens is 1.